The van der Waals surface area contributed by atoms with E-state index in [2.05, 4.69) is 20.3 Å². The molecule has 3 aromatic heterocycles. The molecule has 3 heterocycles. The van der Waals surface area contributed by atoms with Gasteiger partial charge in [0.05, 0.1) is 19.8 Å². The molecule has 1 aromatic carbocycles. The summed E-state index contributed by atoms with van der Waals surface area (Å²) in [4.78, 5) is 4.49. The third-order valence-corrected chi connectivity index (χ3v) is 3.89. The Morgan fingerprint density at radius 2 is 1.92 bits per heavy atom. The molecule has 0 unspecified atom stereocenters. The summed E-state index contributed by atoms with van der Waals surface area (Å²) in [6, 6.07) is 9.22. The lowest BCUT2D eigenvalue weighted by atomic mass is 10.2. The van der Waals surface area contributed by atoms with Gasteiger partial charge in [0, 0.05) is 11.8 Å². The quantitative estimate of drug-likeness (QED) is 0.566. The van der Waals surface area contributed by atoms with Crippen molar-refractivity contribution in [2.24, 2.45) is 0 Å². The zero-order valence-electron chi connectivity index (χ0n) is 13.9. The first-order valence-electron chi connectivity index (χ1n) is 7.58. The van der Waals surface area contributed by atoms with Crippen LogP contribution in [-0.4, -0.2) is 39.0 Å². The van der Waals surface area contributed by atoms with Crippen molar-refractivity contribution in [3.8, 4) is 34.3 Å². The van der Waals surface area contributed by atoms with Gasteiger partial charge in [-0.2, -0.15) is 4.98 Å². The van der Waals surface area contributed by atoms with E-state index in [4.69, 9.17) is 14.0 Å². The van der Waals surface area contributed by atoms with Gasteiger partial charge in [-0.15, -0.1) is 10.2 Å². The van der Waals surface area contributed by atoms with Gasteiger partial charge in [0.2, 0.25) is 5.82 Å². The number of aryl methyl sites for hydroxylation is 1. The van der Waals surface area contributed by atoms with Crippen molar-refractivity contribution >= 4 is 5.65 Å². The van der Waals surface area contributed by atoms with Crippen molar-refractivity contribution in [3.63, 3.8) is 0 Å². The summed E-state index contributed by atoms with van der Waals surface area (Å²) in [6.07, 6.45) is 1.88. The van der Waals surface area contributed by atoms with E-state index in [9.17, 15) is 0 Å². The number of ether oxygens (including phenoxy) is 2. The normalized spacial score (nSPS) is 11.0. The van der Waals surface area contributed by atoms with E-state index in [1.54, 1.807) is 14.2 Å². The van der Waals surface area contributed by atoms with Gasteiger partial charge in [-0.25, -0.2) is 0 Å². The molecule has 0 saturated carbocycles. The van der Waals surface area contributed by atoms with E-state index >= 15 is 0 Å². The molecule has 0 N–H and O–H groups in total. The maximum atomic E-state index is 5.43. The van der Waals surface area contributed by atoms with E-state index in [1.807, 2.05) is 47.9 Å². The Bertz CT molecular complexity index is 1050. The van der Waals surface area contributed by atoms with Crippen LogP contribution in [0.25, 0.3) is 28.5 Å². The van der Waals surface area contributed by atoms with Crippen LogP contribution in [0.4, 0.5) is 0 Å². The summed E-state index contributed by atoms with van der Waals surface area (Å²) in [6.45, 7) is 1.88. The third-order valence-electron chi connectivity index (χ3n) is 3.89. The van der Waals surface area contributed by atoms with Crippen LogP contribution in [0.5, 0.6) is 11.5 Å². The van der Waals surface area contributed by atoms with E-state index in [0.29, 0.717) is 28.8 Å². The number of hydrogen-bond donors (Lipinski definition) is 0. The molecule has 0 amide bonds. The highest BCUT2D eigenvalue weighted by Gasteiger charge is 2.18. The topological polar surface area (TPSA) is 87.6 Å². The maximum Gasteiger partial charge on any atom is 0.262 e. The molecule has 0 radical (unpaired) electrons. The van der Waals surface area contributed by atoms with E-state index in [-0.39, 0.29) is 0 Å². The second-order valence-electron chi connectivity index (χ2n) is 5.36. The molecule has 25 heavy (non-hydrogen) atoms. The zero-order chi connectivity index (χ0) is 17.4. The van der Waals surface area contributed by atoms with E-state index < -0.39 is 0 Å². The van der Waals surface area contributed by atoms with Gasteiger partial charge in [0.25, 0.3) is 5.89 Å². The summed E-state index contributed by atoms with van der Waals surface area (Å²) in [5.74, 6) is 2.75. The van der Waals surface area contributed by atoms with Crippen LogP contribution in [0.2, 0.25) is 0 Å². The van der Waals surface area contributed by atoms with Gasteiger partial charge in [0.1, 0.15) is 5.82 Å². The SMILES string of the molecule is COc1cccc(-c2nc(-c3ccc4nnc(C)n4c3)no2)c1OC. The number of hydrogen-bond acceptors (Lipinski definition) is 7. The Balaban J connectivity index is 1.78. The first-order valence-corrected chi connectivity index (χ1v) is 7.58. The van der Waals surface area contributed by atoms with Crippen LogP contribution >= 0.6 is 0 Å². The van der Waals surface area contributed by atoms with Crippen LogP contribution in [-0.2, 0) is 0 Å². The summed E-state index contributed by atoms with van der Waals surface area (Å²) in [5.41, 5.74) is 2.23. The standard InChI is InChI=1S/C17H15N5O3/c1-10-19-20-14-8-7-11(9-22(10)14)16-18-17(25-21-16)12-5-4-6-13(23-2)15(12)24-3/h4-9H,1-3H3. The molecule has 0 aliphatic carbocycles. The summed E-state index contributed by atoms with van der Waals surface area (Å²) < 4.78 is 18.0. The number of pyridine rings is 1. The van der Waals surface area contributed by atoms with Crippen LogP contribution in [0.15, 0.2) is 41.1 Å². The Labute approximate surface area is 143 Å². The van der Waals surface area contributed by atoms with Crippen molar-refractivity contribution < 1.29 is 14.0 Å². The summed E-state index contributed by atoms with van der Waals surface area (Å²) >= 11 is 0. The number of para-hydroxylation sites is 1. The highest BCUT2D eigenvalue weighted by molar-refractivity contribution is 5.69. The Morgan fingerprint density at radius 1 is 1.04 bits per heavy atom. The van der Waals surface area contributed by atoms with Gasteiger partial charge in [-0.1, -0.05) is 11.2 Å². The molecule has 0 bridgehead atoms. The molecule has 4 rings (SSSR count). The van der Waals surface area contributed by atoms with Crippen molar-refractivity contribution in [1.82, 2.24) is 24.7 Å². The third kappa shape index (κ3) is 2.47. The Kier molecular flexibility index (Phi) is 3.57. The smallest absolute Gasteiger partial charge is 0.262 e. The predicted octanol–water partition coefficient (Wildman–Crippen LogP) is 2.77. The van der Waals surface area contributed by atoms with Crippen molar-refractivity contribution in [2.45, 2.75) is 6.92 Å². The molecular formula is C17H15N5O3. The van der Waals surface area contributed by atoms with E-state index in [0.717, 1.165) is 17.0 Å². The molecule has 0 spiro atoms. The lowest BCUT2D eigenvalue weighted by molar-refractivity contribution is 0.353. The minimum atomic E-state index is 0.353. The second-order valence-corrected chi connectivity index (χ2v) is 5.36. The molecule has 0 aliphatic rings. The number of benzene rings is 1. The number of aromatic nitrogens is 5. The first-order chi connectivity index (χ1) is 12.2. The van der Waals surface area contributed by atoms with E-state index in [1.165, 1.54) is 0 Å². The Hall–Kier alpha value is -3.42. The van der Waals surface area contributed by atoms with Gasteiger partial charge < -0.3 is 14.0 Å². The fourth-order valence-corrected chi connectivity index (χ4v) is 2.64. The fraction of sp³-hybridized carbons (Fsp3) is 0.176. The number of methoxy groups -OCH3 is 2. The lowest BCUT2D eigenvalue weighted by Gasteiger charge is -2.09. The molecule has 0 saturated heterocycles. The average molecular weight is 337 g/mol. The van der Waals surface area contributed by atoms with Gasteiger partial charge in [-0.05, 0) is 31.2 Å². The summed E-state index contributed by atoms with van der Waals surface area (Å²) in [5, 5.41) is 12.2. The van der Waals surface area contributed by atoms with Gasteiger partial charge >= 0.3 is 0 Å². The van der Waals surface area contributed by atoms with Crippen molar-refractivity contribution in [3.05, 3.63) is 42.4 Å². The second kappa shape index (κ2) is 5.90. The zero-order valence-corrected chi connectivity index (χ0v) is 13.9. The molecular weight excluding hydrogens is 322 g/mol. The highest BCUT2D eigenvalue weighted by atomic mass is 16.5. The van der Waals surface area contributed by atoms with Crippen molar-refractivity contribution in [2.75, 3.05) is 14.2 Å². The van der Waals surface area contributed by atoms with Gasteiger partial charge in [-0.3, -0.25) is 4.40 Å². The highest BCUT2D eigenvalue weighted by Crippen LogP contribution is 2.37. The molecule has 0 aliphatic heterocycles. The number of nitrogens with zero attached hydrogens (tertiary/aromatic N) is 5. The number of rotatable bonds is 4. The molecule has 0 fully saturated rings. The van der Waals surface area contributed by atoms with Gasteiger partial charge in [0.15, 0.2) is 17.1 Å². The van der Waals surface area contributed by atoms with Crippen molar-refractivity contribution in [1.29, 1.82) is 0 Å². The molecule has 8 heteroatoms. The Morgan fingerprint density at radius 3 is 2.72 bits per heavy atom. The first kappa shape index (κ1) is 15.1. The summed E-state index contributed by atoms with van der Waals surface area (Å²) in [7, 11) is 3.15. The molecule has 4 aromatic rings. The van der Waals surface area contributed by atoms with Crippen LogP contribution < -0.4 is 9.47 Å². The maximum absolute atomic E-state index is 5.43. The minimum absolute atomic E-state index is 0.353. The molecule has 0 atom stereocenters. The predicted molar refractivity (Wildman–Crippen MR) is 89.6 cm³/mol. The average Bonchev–Trinajstić information content (AvgIpc) is 3.28. The molecule has 8 nitrogen and oxygen atoms in total. The largest absolute Gasteiger partial charge is 0.493 e. The number of fused-ring (bicyclic) bond motifs is 1. The fourth-order valence-electron chi connectivity index (χ4n) is 2.64. The van der Waals surface area contributed by atoms with Crippen LogP contribution in [0.1, 0.15) is 5.82 Å². The molecule has 126 valence electrons. The van der Waals surface area contributed by atoms with Crippen LogP contribution in [0.3, 0.4) is 0 Å². The van der Waals surface area contributed by atoms with Crippen LogP contribution in [0, 0.1) is 6.92 Å². The minimum Gasteiger partial charge on any atom is -0.493 e. The monoisotopic (exact) mass is 337 g/mol. The lowest BCUT2D eigenvalue weighted by Crippen LogP contribution is -1.93.